The first kappa shape index (κ1) is 21.9. The summed E-state index contributed by atoms with van der Waals surface area (Å²) in [7, 11) is 0. The highest BCUT2D eigenvalue weighted by Gasteiger charge is 2.42. The third-order valence-corrected chi connectivity index (χ3v) is 7.80. The molecule has 5 nitrogen and oxygen atoms in total. The van der Waals surface area contributed by atoms with Crippen LogP contribution < -0.4 is 14.7 Å². The molecule has 2 amide bonds. The van der Waals surface area contributed by atoms with Crippen molar-refractivity contribution in [2.24, 2.45) is 0 Å². The normalized spacial score (nSPS) is 16.5. The highest BCUT2D eigenvalue weighted by Crippen LogP contribution is 2.48. The second kappa shape index (κ2) is 8.63. The summed E-state index contributed by atoms with van der Waals surface area (Å²) in [6.45, 7) is 1.66. The maximum Gasteiger partial charge on any atom is 0.268 e. The Labute approximate surface area is 216 Å². The van der Waals surface area contributed by atoms with E-state index in [0.29, 0.717) is 16.8 Å². The summed E-state index contributed by atoms with van der Waals surface area (Å²) in [6, 6.07) is 30.1. The minimum Gasteiger partial charge on any atom is -0.340 e. The summed E-state index contributed by atoms with van der Waals surface area (Å²) in [4.78, 5) is 33.7. The number of rotatable bonds is 3. The Hall–Kier alpha value is -4.38. The van der Waals surface area contributed by atoms with E-state index in [1.807, 2.05) is 42.5 Å². The molecule has 0 spiro atoms. The number of hydrogen-bond donors (Lipinski definition) is 0. The second-order valence-electron chi connectivity index (χ2n) is 9.90. The van der Waals surface area contributed by atoms with E-state index >= 15 is 0 Å². The van der Waals surface area contributed by atoms with Crippen LogP contribution in [0.15, 0.2) is 91.0 Å². The van der Waals surface area contributed by atoms with Crippen LogP contribution in [0.5, 0.6) is 0 Å². The molecule has 3 aliphatic rings. The van der Waals surface area contributed by atoms with Gasteiger partial charge in [0.1, 0.15) is 0 Å². The summed E-state index contributed by atoms with van der Waals surface area (Å²) < 4.78 is 0. The van der Waals surface area contributed by atoms with Crippen molar-refractivity contribution in [3.05, 3.63) is 113 Å². The van der Waals surface area contributed by atoms with Gasteiger partial charge in [-0.1, -0.05) is 54.6 Å². The molecule has 0 N–H and O–H groups in total. The Kier molecular flexibility index (Phi) is 5.10. The fraction of sp³-hybridized carbons (Fsp3) is 0.188. The molecule has 0 unspecified atom stereocenters. The first-order valence-electron chi connectivity index (χ1n) is 13.0. The molecular weight excluding hydrogens is 458 g/mol. The van der Waals surface area contributed by atoms with E-state index in [2.05, 4.69) is 58.3 Å². The van der Waals surface area contributed by atoms with Crippen LogP contribution in [0.4, 0.5) is 28.4 Å². The van der Waals surface area contributed by atoms with E-state index in [4.69, 9.17) is 0 Å². The number of amides is 2. The zero-order chi connectivity index (χ0) is 24.9. The average molecular weight is 486 g/mol. The van der Waals surface area contributed by atoms with Crippen molar-refractivity contribution in [3.63, 3.8) is 0 Å². The Morgan fingerprint density at radius 2 is 1.14 bits per heavy atom. The lowest BCUT2D eigenvalue weighted by atomic mass is 9.96. The highest BCUT2D eigenvalue weighted by molar-refractivity contribution is 6.36. The largest absolute Gasteiger partial charge is 0.340 e. The van der Waals surface area contributed by atoms with Crippen LogP contribution in [0.2, 0.25) is 0 Å². The van der Waals surface area contributed by atoms with Crippen molar-refractivity contribution in [2.45, 2.75) is 25.7 Å². The van der Waals surface area contributed by atoms with Gasteiger partial charge in [-0.05, 0) is 73.2 Å². The minimum atomic E-state index is -0.261. The van der Waals surface area contributed by atoms with Crippen LogP contribution >= 0.6 is 0 Å². The molecular formula is C32H27N3O2. The van der Waals surface area contributed by atoms with Gasteiger partial charge in [-0.2, -0.15) is 0 Å². The van der Waals surface area contributed by atoms with Gasteiger partial charge >= 0.3 is 0 Å². The predicted octanol–water partition coefficient (Wildman–Crippen LogP) is 6.66. The number of benzene rings is 4. The van der Waals surface area contributed by atoms with Crippen molar-refractivity contribution in [1.82, 2.24) is 0 Å². The molecule has 0 aliphatic carbocycles. The highest BCUT2D eigenvalue weighted by atomic mass is 16.2. The van der Waals surface area contributed by atoms with Crippen LogP contribution in [0.3, 0.4) is 0 Å². The standard InChI is InChI=1S/C32H27N3O2/c36-31-25-18-19-28(33-20-8-12-22-10-4-6-16-26(22)33)30(34-21-9-13-23-11-5-7-17-27(23)34)29(25)32(37)35(31)24-14-2-1-3-15-24/h1-7,10-11,14-19H,8-9,12-13,20-21H2. The first-order chi connectivity index (χ1) is 18.2. The number of para-hydroxylation sites is 3. The monoisotopic (exact) mass is 485 g/mol. The van der Waals surface area contributed by atoms with Gasteiger partial charge < -0.3 is 9.80 Å². The minimum absolute atomic E-state index is 0.253. The first-order valence-corrected chi connectivity index (χ1v) is 13.0. The number of carbonyl (C=O) groups excluding carboxylic acids is 2. The molecule has 0 fully saturated rings. The Morgan fingerprint density at radius 3 is 1.84 bits per heavy atom. The molecule has 0 radical (unpaired) electrons. The van der Waals surface area contributed by atoms with Gasteiger partial charge in [-0.15, -0.1) is 0 Å². The lowest BCUT2D eigenvalue weighted by Gasteiger charge is -2.38. The lowest BCUT2D eigenvalue weighted by molar-refractivity contribution is 0.0926. The molecule has 0 atom stereocenters. The second-order valence-corrected chi connectivity index (χ2v) is 9.90. The molecule has 182 valence electrons. The summed E-state index contributed by atoms with van der Waals surface area (Å²) in [5, 5.41) is 0. The SMILES string of the molecule is O=C1c2ccc(N3CCCc4ccccc43)c(N3CCCc4ccccc43)c2C(=O)N1c1ccccc1. The average Bonchev–Trinajstić information content (AvgIpc) is 3.22. The summed E-state index contributed by atoms with van der Waals surface area (Å²) in [6.07, 6.45) is 4.07. The van der Waals surface area contributed by atoms with E-state index in [0.717, 1.165) is 55.8 Å². The molecule has 3 aliphatic heterocycles. The summed E-state index contributed by atoms with van der Waals surface area (Å²) in [5.74, 6) is -0.514. The van der Waals surface area contributed by atoms with E-state index in [-0.39, 0.29) is 11.8 Å². The Balaban J connectivity index is 1.47. The number of hydrogen-bond acceptors (Lipinski definition) is 4. The number of aryl methyl sites for hydroxylation is 2. The molecule has 4 aromatic rings. The topological polar surface area (TPSA) is 43.9 Å². The molecule has 0 saturated carbocycles. The fourth-order valence-corrected chi connectivity index (χ4v) is 6.15. The Morgan fingerprint density at radius 1 is 0.541 bits per heavy atom. The third-order valence-electron chi connectivity index (χ3n) is 7.80. The van der Waals surface area contributed by atoms with Crippen LogP contribution in [0.1, 0.15) is 44.7 Å². The maximum atomic E-state index is 14.1. The number of anilines is 5. The van der Waals surface area contributed by atoms with E-state index in [1.165, 1.54) is 21.7 Å². The van der Waals surface area contributed by atoms with Crippen molar-refractivity contribution in [2.75, 3.05) is 27.8 Å². The summed E-state index contributed by atoms with van der Waals surface area (Å²) >= 11 is 0. The van der Waals surface area contributed by atoms with Crippen LogP contribution in [-0.2, 0) is 12.8 Å². The molecule has 4 aromatic carbocycles. The molecule has 0 saturated heterocycles. The Bertz CT molecular complexity index is 1550. The molecule has 0 bridgehead atoms. The zero-order valence-electron chi connectivity index (χ0n) is 20.6. The van der Waals surface area contributed by atoms with Crippen molar-refractivity contribution in [1.29, 1.82) is 0 Å². The van der Waals surface area contributed by atoms with Crippen LogP contribution in [0, 0.1) is 0 Å². The molecule has 0 aromatic heterocycles. The van der Waals surface area contributed by atoms with Crippen LogP contribution in [-0.4, -0.2) is 24.9 Å². The van der Waals surface area contributed by atoms with E-state index < -0.39 is 0 Å². The number of fused-ring (bicyclic) bond motifs is 3. The fourth-order valence-electron chi connectivity index (χ4n) is 6.15. The molecule has 7 rings (SSSR count). The number of imide groups is 1. The van der Waals surface area contributed by atoms with Gasteiger partial charge in [0.15, 0.2) is 0 Å². The van der Waals surface area contributed by atoms with Crippen molar-refractivity contribution < 1.29 is 9.59 Å². The van der Waals surface area contributed by atoms with Crippen LogP contribution in [0.25, 0.3) is 0 Å². The van der Waals surface area contributed by atoms with Gasteiger partial charge in [-0.25, -0.2) is 4.90 Å². The molecule has 3 heterocycles. The summed E-state index contributed by atoms with van der Waals surface area (Å²) in [5.41, 5.74) is 8.29. The maximum absolute atomic E-state index is 14.1. The van der Waals surface area contributed by atoms with Crippen molar-refractivity contribution >= 4 is 40.3 Å². The third kappa shape index (κ3) is 3.38. The smallest absolute Gasteiger partial charge is 0.268 e. The number of carbonyl (C=O) groups is 2. The van der Waals surface area contributed by atoms with Gasteiger partial charge in [0.2, 0.25) is 0 Å². The van der Waals surface area contributed by atoms with E-state index in [1.54, 1.807) is 0 Å². The molecule has 37 heavy (non-hydrogen) atoms. The van der Waals surface area contributed by atoms with Gasteiger partial charge in [0.25, 0.3) is 11.8 Å². The molecule has 5 heteroatoms. The van der Waals surface area contributed by atoms with Crippen molar-refractivity contribution in [3.8, 4) is 0 Å². The van der Waals surface area contributed by atoms with Gasteiger partial charge in [0.05, 0.1) is 28.2 Å². The lowest BCUT2D eigenvalue weighted by Crippen LogP contribution is -2.32. The predicted molar refractivity (Wildman–Crippen MR) is 148 cm³/mol. The van der Waals surface area contributed by atoms with Gasteiger partial charge in [0, 0.05) is 24.5 Å². The zero-order valence-corrected chi connectivity index (χ0v) is 20.6. The van der Waals surface area contributed by atoms with Gasteiger partial charge in [-0.3, -0.25) is 9.59 Å². The number of nitrogens with zero attached hydrogens (tertiary/aromatic N) is 3. The van der Waals surface area contributed by atoms with E-state index in [9.17, 15) is 9.59 Å². The quantitative estimate of drug-likeness (QED) is 0.305.